The Hall–Kier alpha value is -1.77. The molecule has 0 saturated heterocycles. The van der Waals surface area contributed by atoms with Gasteiger partial charge in [-0.05, 0) is 23.7 Å². The van der Waals surface area contributed by atoms with E-state index in [1.165, 1.54) is 6.20 Å². The molecule has 0 fully saturated rings. The standard InChI is InChI=1S/C12H15NO2/c1-4-13-12(14)15-11-8-6-5-7-10(11)9(2)3/h4-9H,1H2,2-3H3,(H,13,14). The van der Waals surface area contributed by atoms with Crippen LogP contribution in [0.1, 0.15) is 25.3 Å². The number of hydrogen-bond donors (Lipinski definition) is 1. The lowest BCUT2D eigenvalue weighted by molar-refractivity contribution is 0.204. The maximum absolute atomic E-state index is 11.2. The molecule has 1 amide bonds. The van der Waals surface area contributed by atoms with Crippen LogP contribution in [0.25, 0.3) is 0 Å². The third-order valence-electron chi connectivity index (χ3n) is 1.96. The van der Waals surface area contributed by atoms with Gasteiger partial charge in [-0.25, -0.2) is 4.79 Å². The molecule has 1 aromatic rings. The van der Waals surface area contributed by atoms with Crippen LogP contribution in [0.2, 0.25) is 0 Å². The second-order valence-corrected chi connectivity index (χ2v) is 3.43. The molecule has 1 rings (SSSR count). The van der Waals surface area contributed by atoms with E-state index in [0.29, 0.717) is 11.7 Å². The summed E-state index contributed by atoms with van der Waals surface area (Å²) in [6.07, 6.45) is 0.776. The van der Waals surface area contributed by atoms with Gasteiger partial charge in [0.05, 0.1) is 0 Å². The normalized spacial score (nSPS) is 9.80. The third-order valence-corrected chi connectivity index (χ3v) is 1.96. The highest BCUT2D eigenvalue weighted by atomic mass is 16.6. The predicted molar refractivity (Wildman–Crippen MR) is 59.9 cm³/mol. The monoisotopic (exact) mass is 205 g/mol. The number of hydrogen-bond acceptors (Lipinski definition) is 2. The largest absolute Gasteiger partial charge is 0.416 e. The van der Waals surface area contributed by atoms with E-state index in [1.54, 1.807) is 6.07 Å². The van der Waals surface area contributed by atoms with Crippen LogP contribution >= 0.6 is 0 Å². The summed E-state index contributed by atoms with van der Waals surface area (Å²) in [4.78, 5) is 11.2. The zero-order chi connectivity index (χ0) is 11.3. The number of benzene rings is 1. The van der Waals surface area contributed by atoms with Gasteiger partial charge in [0.2, 0.25) is 0 Å². The molecule has 0 aliphatic rings. The first-order valence-corrected chi connectivity index (χ1v) is 4.83. The maximum atomic E-state index is 11.2. The number of amides is 1. The first kappa shape index (κ1) is 11.3. The van der Waals surface area contributed by atoms with Crippen molar-refractivity contribution in [2.45, 2.75) is 19.8 Å². The summed E-state index contributed by atoms with van der Waals surface area (Å²) >= 11 is 0. The van der Waals surface area contributed by atoms with Gasteiger partial charge in [-0.1, -0.05) is 38.6 Å². The van der Waals surface area contributed by atoms with E-state index in [-0.39, 0.29) is 0 Å². The van der Waals surface area contributed by atoms with Crippen LogP contribution in [0.3, 0.4) is 0 Å². The van der Waals surface area contributed by atoms with Crippen LogP contribution in [-0.2, 0) is 0 Å². The highest BCUT2D eigenvalue weighted by molar-refractivity contribution is 5.71. The van der Waals surface area contributed by atoms with Crippen LogP contribution in [0, 0.1) is 0 Å². The first-order chi connectivity index (χ1) is 7.15. The Balaban J connectivity index is 2.84. The predicted octanol–water partition coefficient (Wildman–Crippen LogP) is 3.04. The molecule has 0 spiro atoms. The highest BCUT2D eigenvalue weighted by Gasteiger charge is 2.09. The molecular formula is C12H15NO2. The average Bonchev–Trinajstić information content (AvgIpc) is 2.18. The van der Waals surface area contributed by atoms with Crippen LogP contribution in [0.5, 0.6) is 5.75 Å². The highest BCUT2D eigenvalue weighted by Crippen LogP contribution is 2.25. The third kappa shape index (κ3) is 3.13. The molecule has 0 aliphatic heterocycles. The number of nitrogens with one attached hydrogen (secondary N) is 1. The summed E-state index contributed by atoms with van der Waals surface area (Å²) in [5, 5.41) is 2.36. The molecule has 3 nitrogen and oxygen atoms in total. The zero-order valence-corrected chi connectivity index (χ0v) is 8.99. The number of carbonyl (C=O) groups excluding carboxylic acids is 1. The van der Waals surface area contributed by atoms with Crippen molar-refractivity contribution in [1.82, 2.24) is 5.32 Å². The van der Waals surface area contributed by atoms with Gasteiger partial charge in [-0.2, -0.15) is 0 Å². The van der Waals surface area contributed by atoms with Crippen LogP contribution in [0.4, 0.5) is 4.79 Å². The summed E-state index contributed by atoms with van der Waals surface area (Å²) in [6, 6.07) is 7.48. The van der Waals surface area contributed by atoms with Crippen LogP contribution in [0.15, 0.2) is 37.0 Å². The fourth-order valence-electron chi connectivity index (χ4n) is 1.26. The van der Waals surface area contributed by atoms with Crippen molar-refractivity contribution in [3.8, 4) is 5.75 Å². The number of carbonyl (C=O) groups is 1. The van der Waals surface area contributed by atoms with Crippen molar-refractivity contribution in [1.29, 1.82) is 0 Å². The zero-order valence-electron chi connectivity index (χ0n) is 8.99. The van der Waals surface area contributed by atoms with Gasteiger partial charge >= 0.3 is 6.09 Å². The van der Waals surface area contributed by atoms with Crippen molar-refractivity contribution >= 4 is 6.09 Å². The van der Waals surface area contributed by atoms with E-state index >= 15 is 0 Å². The Morgan fingerprint density at radius 1 is 1.47 bits per heavy atom. The Morgan fingerprint density at radius 3 is 2.73 bits per heavy atom. The van der Waals surface area contributed by atoms with Crippen molar-refractivity contribution in [3.63, 3.8) is 0 Å². The van der Waals surface area contributed by atoms with E-state index < -0.39 is 6.09 Å². The molecule has 0 aromatic heterocycles. The Kier molecular flexibility index (Phi) is 3.92. The van der Waals surface area contributed by atoms with E-state index in [4.69, 9.17) is 4.74 Å². The molecule has 0 heterocycles. The molecule has 0 aliphatic carbocycles. The smallest absolute Gasteiger partial charge is 0.410 e. The van der Waals surface area contributed by atoms with E-state index in [0.717, 1.165) is 5.56 Å². The quantitative estimate of drug-likeness (QED) is 0.823. The summed E-state index contributed by atoms with van der Waals surface area (Å²) in [5.41, 5.74) is 1.01. The van der Waals surface area contributed by atoms with Crippen molar-refractivity contribution in [2.75, 3.05) is 0 Å². The molecule has 0 unspecified atom stereocenters. The molecule has 3 heteroatoms. The molecule has 0 bridgehead atoms. The Morgan fingerprint density at radius 2 is 2.13 bits per heavy atom. The molecule has 0 saturated carbocycles. The molecule has 1 N–H and O–H groups in total. The van der Waals surface area contributed by atoms with Crippen LogP contribution < -0.4 is 10.1 Å². The minimum absolute atomic E-state index is 0.317. The van der Waals surface area contributed by atoms with E-state index in [2.05, 4.69) is 11.9 Å². The molecule has 0 atom stereocenters. The average molecular weight is 205 g/mol. The number of rotatable bonds is 3. The molecule has 15 heavy (non-hydrogen) atoms. The lowest BCUT2D eigenvalue weighted by atomic mass is 10.0. The lowest BCUT2D eigenvalue weighted by Crippen LogP contribution is -2.21. The van der Waals surface area contributed by atoms with Gasteiger partial charge in [0.25, 0.3) is 0 Å². The Labute approximate surface area is 89.8 Å². The van der Waals surface area contributed by atoms with E-state index in [9.17, 15) is 4.79 Å². The van der Waals surface area contributed by atoms with Gasteiger partial charge in [0, 0.05) is 0 Å². The van der Waals surface area contributed by atoms with Gasteiger partial charge in [-0.3, -0.25) is 5.32 Å². The summed E-state index contributed by atoms with van der Waals surface area (Å²) < 4.78 is 5.13. The molecular weight excluding hydrogens is 190 g/mol. The molecule has 0 radical (unpaired) electrons. The van der Waals surface area contributed by atoms with Crippen LogP contribution in [-0.4, -0.2) is 6.09 Å². The van der Waals surface area contributed by atoms with Crippen molar-refractivity contribution in [2.24, 2.45) is 0 Å². The minimum atomic E-state index is -0.516. The van der Waals surface area contributed by atoms with Gasteiger partial charge in [-0.15, -0.1) is 0 Å². The second-order valence-electron chi connectivity index (χ2n) is 3.43. The van der Waals surface area contributed by atoms with E-state index in [1.807, 2.05) is 32.0 Å². The van der Waals surface area contributed by atoms with Gasteiger partial charge in [0.15, 0.2) is 0 Å². The van der Waals surface area contributed by atoms with Crippen molar-refractivity contribution in [3.05, 3.63) is 42.6 Å². The summed E-state index contributed by atoms with van der Waals surface area (Å²) in [6.45, 7) is 7.49. The Bertz CT molecular complexity index is 358. The minimum Gasteiger partial charge on any atom is -0.410 e. The summed E-state index contributed by atoms with van der Waals surface area (Å²) in [5.74, 6) is 0.907. The molecule has 80 valence electrons. The number of para-hydroxylation sites is 1. The van der Waals surface area contributed by atoms with Gasteiger partial charge in [0.1, 0.15) is 5.75 Å². The lowest BCUT2D eigenvalue weighted by Gasteiger charge is -2.11. The topological polar surface area (TPSA) is 38.3 Å². The van der Waals surface area contributed by atoms with Crippen molar-refractivity contribution < 1.29 is 9.53 Å². The SMILES string of the molecule is C=CNC(=O)Oc1ccccc1C(C)C. The first-order valence-electron chi connectivity index (χ1n) is 4.83. The number of ether oxygens (including phenoxy) is 1. The summed E-state index contributed by atoms with van der Waals surface area (Å²) in [7, 11) is 0. The molecule has 1 aromatic carbocycles. The maximum Gasteiger partial charge on any atom is 0.416 e. The fourth-order valence-corrected chi connectivity index (χ4v) is 1.26. The second kappa shape index (κ2) is 5.20. The van der Waals surface area contributed by atoms with Gasteiger partial charge < -0.3 is 4.74 Å². The fraction of sp³-hybridized carbons (Fsp3) is 0.250.